The number of benzene rings is 2. The van der Waals surface area contributed by atoms with Crippen LogP contribution in [-0.4, -0.2) is 17.9 Å². The first kappa shape index (κ1) is 16.6. The molecule has 0 aliphatic carbocycles. The lowest BCUT2D eigenvalue weighted by molar-refractivity contribution is -0.127. The van der Waals surface area contributed by atoms with Gasteiger partial charge in [-0.1, -0.05) is 24.3 Å². The van der Waals surface area contributed by atoms with E-state index in [-0.39, 0.29) is 12.8 Å². The highest BCUT2D eigenvalue weighted by Gasteiger charge is 2.19. The number of halogens is 2. The van der Waals surface area contributed by atoms with E-state index in [0.717, 1.165) is 0 Å². The van der Waals surface area contributed by atoms with Crippen molar-refractivity contribution in [2.75, 3.05) is 0 Å². The molecule has 0 bridgehead atoms. The van der Waals surface area contributed by atoms with Gasteiger partial charge in [-0.25, -0.2) is 8.78 Å². The van der Waals surface area contributed by atoms with Crippen molar-refractivity contribution in [2.45, 2.75) is 18.9 Å². The van der Waals surface area contributed by atoms with E-state index in [9.17, 15) is 18.4 Å². The van der Waals surface area contributed by atoms with Crippen molar-refractivity contribution in [3.8, 4) is 0 Å². The van der Waals surface area contributed by atoms with E-state index in [0.29, 0.717) is 11.1 Å². The molecule has 23 heavy (non-hydrogen) atoms. The Balaban J connectivity index is 1.99. The second-order valence-electron chi connectivity index (χ2n) is 5.16. The summed E-state index contributed by atoms with van der Waals surface area (Å²) < 4.78 is 26.0. The van der Waals surface area contributed by atoms with Crippen LogP contribution in [0.4, 0.5) is 8.78 Å². The van der Waals surface area contributed by atoms with Crippen LogP contribution in [0.1, 0.15) is 11.1 Å². The average Bonchev–Trinajstić information content (AvgIpc) is 2.49. The Kier molecular flexibility index (Phi) is 5.41. The van der Waals surface area contributed by atoms with Crippen LogP contribution in [0.15, 0.2) is 48.5 Å². The minimum absolute atomic E-state index is 0.00674. The van der Waals surface area contributed by atoms with Crippen LogP contribution in [0.2, 0.25) is 0 Å². The monoisotopic (exact) mass is 318 g/mol. The van der Waals surface area contributed by atoms with E-state index < -0.39 is 29.5 Å². The van der Waals surface area contributed by atoms with Crippen molar-refractivity contribution in [1.29, 1.82) is 0 Å². The van der Waals surface area contributed by atoms with Crippen molar-refractivity contribution in [3.63, 3.8) is 0 Å². The van der Waals surface area contributed by atoms with E-state index >= 15 is 0 Å². The Labute approximate surface area is 132 Å². The number of hydrogen-bond acceptors (Lipinski definition) is 2. The lowest BCUT2D eigenvalue weighted by Crippen LogP contribution is -2.46. The molecule has 0 radical (unpaired) electrons. The Bertz CT molecular complexity index is 702. The molecule has 2 aromatic rings. The maximum Gasteiger partial charge on any atom is 0.240 e. The van der Waals surface area contributed by atoms with Crippen molar-refractivity contribution in [1.82, 2.24) is 5.32 Å². The third-order valence-electron chi connectivity index (χ3n) is 3.29. The number of nitrogens with one attached hydrogen (secondary N) is 1. The van der Waals surface area contributed by atoms with Gasteiger partial charge in [0, 0.05) is 6.42 Å². The van der Waals surface area contributed by atoms with Gasteiger partial charge >= 0.3 is 0 Å². The maximum atomic E-state index is 13.2. The van der Waals surface area contributed by atoms with E-state index in [1.54, 1.807) is 6.07 Å². The first-order valence-electron chi connectivity index (χ1n) is 7.01. The smallest absolute Gasteiger partial charge is 0.240 e. The molecule has 2 amide bonds. The van der Waals surface area contributed by atoms with Crippen LogP contribution in [0.3, 0.4) is 0 Å². The van der Waals surface area contributed by atoms with Gasteiger partial charge < -0.3 is 11.1 Å². The van der Waals surface area contributed by atoms with Crippen LogP contribution < -0.4 is 11.1 Å². The van der Waals surface area contributed by atoms with Crippen molar-refractivity contribution < 1.29 is 18.4 Å². The van der Waals surface area contributed by atoms with Crippen LogP contribution in [0.25, 0.3) is 0 Å². The standard InChI is InChI=1S/C17H16F2N2O2/c18-13-6-4-11(5-7-13)10-16(22)21-15(17(20)23)9-12-2-1-3-14(19)8-12/h1-8,15H,9-10H2,(H2,20,23)(H,21,22)/t15-/m0/s1. The summed E-state index contributed by atoms with van der Waals surface area (Å²) in [7, 11) is 0. The van der Waals surface area contributed by atoms with Crippen molar-refractivity contribution >= 4 is 11.8 Å². The minimum atomic E-state index is -0.940. The Hall–Kier alpha value is -2.76. The first-order valence-corrected chi connectivity index (χ1v) is 7.01. The zero-order valence-corrected chi connectivity index (χ0v) is 12.3. The van der Waals surface area contributed by atoms with E-state index in [4.69, 9.17) is 5.73 Å². The molecule has 120 valence electrons. The highest BCUT2D eigenvalue weighted by Crippen LogP contribution is 2.08. The number of amides is 2. The summed E-state index contributed by atoms with van der Waals surface area (Å²) in [6.45, 7) is 0. The fraction of sp³-hybridized carbons (Fsp3) is 0.176. The largest absolute Gasteiger partial charge is 0.368 e. The molecule has 0 aliphatic rings. The number of rotatable bonds is 6. The molecule has 6 heteroatoms. The number of nitrogens with two attached hydrogens (primary N) is 1. The summed E-state index contributed by atoms with van der Waals surface area (Å²) in [5.74, 6) is -1.95. The molecule has 0 heterocycles. The SMILES string of the molecule is NC(=O)[C@H](Cc1cccc(F)c1)NC(=O)Cc1ccc(F)cc1. The first-order chi connectivity index (χ1) is 10.9. The lowest BCUT2D eigenvalue weighted by Gasteiger charge is -2.15. The van der Waals surface area contributed by atoms with E-state index in [2.05, 4.69) is 5.32 Å². The maximum absolute atomic E-state index is 13.2. The van der Waals surface area contributed by atoms with Crippen molar-refractivity contribution in [3.05, 3.63) is 71.3 Å². The van der Waals surface area contributed by atoms with Gasteiger partial charge in [0.15, 0.2) is 0 Å². The summed E-state index contributed by atoms with van der Waals surface area (Å²) in [4.78, 5) is 23.5. The summed E-state index contributed by atoms with van der Waals surface area (Å²) in [6.07, 6.45) is 0.0927. The lowest BCUT2D eigenvalue weighted by atomic mass is 10.0. The predicted octanol–water partition coefficient (Wildman–Crippen LogP) is 1.72. The predicted molar refractivity (Wildman–Crippen MR) is 81.3 cm³/mol. The van der Waals surface area contributed by atoms with E-state index in [1.165, 1.54) is 42.5 Å². The van der Waals surface area contributed by atoms with Gasteiger partial charge in [-0.3, -0.25) is 9.59 Å². The van der Waals surface area contributed by atoms with Crippen LogP contribution >= 0.6 is 0 Å². The van der Waals surface area contributed by atoms with Gasteiger partial charge in [0.05, 0.1) is 6.42 Å². The molecule has 2 rings (SSSR count). The third-order valence-corrected chi connectivity index (χ3v) is 3.29. The minimum Gasteiger partial charge on any atom is -0.368 e. The molecule has 3 N–H and O–H groups in total. The van der Waals surface area contributed by atoms with Crippen LogP contribution in [0.5, 0.6) is 0 Å². The normalized spacial score (nSPS) is 11.7. The Morgan fingerprint density at radius 3 is 2.30 bits per heavy atom. The Morgan fingerprint density at radius 1 is 1.00 bits per heavy atom. The fourth-order valence-electron chi connectivity index (χ4n) is 2.16. The molecule has 0 saturated carbocycles. The molecule has 0 aliphatic heterocycles. The van der Waals surface area contributed by atoms with Crippen LogP contribution in [0, 0.1) is 11.6 Å². The Morgan fingerprint density at radius 2 is 1.70 bits per heavy atom. The summed E-state index contributed by atoms with van der Waals surface area (Å²) in [6, 6.07) is 10.3. The number of carbonyl (C=O) groups excluding carboxylic acids is 2. The fourth-order valence-corrected chi connectivity index (χ4v) is 2.16. The van der Waals surface area contributed by atoms with Gasteiger partial charge in [0.1, 0.15) is 17.7 Å². The van der Waals surface area contributed by atoms with E-state index in [1.807, 2.05) is 0 Å². The zero-order valence-electron chi connectivity index (χ0n) is 12.3. The summed E-state index contributed by atoms with van der Waals surface area (Å²) in [5.41, 5.74) is 6.45. The summed E-state index contributed by atoms with van der Waals surface area (Å²) in [5, 5.41) is 2.52. The van der Waals surface area contributed by atoms with Crippen molar-refractivity contribution in [2.24, 2.45) is 5.73 Å². The van der Waals surface area contributed by atoms with Gasteiger partial charge in [-0.15, -0.1) is 0 Å². The number of carbonyl (C=O) groups is 2. The van der Waals surface area contributed by atoms with Gasteiger partial charge in [0.2, 0.25) is 11.8 Å². The molecule has 1 atom stereocenters. The topological polar surface area (TPSA) is 72.2 Å². The molecule has 0 fully saturated rings. The molecule has 0 aromatic heterocycles. The number of hydrogen-bond donors (Lipinski definition) is 2. The molecule has 0 unspecified atom stereocenters. The van der Waals surface area contributed by atoms with Gasteiger partial charge in [0.25, 0.3) is 0 Å². The molecule has 0 spiro atoms. The summed E-state index contributed by atoms with van der Waals surface area (Å²) >= 11 is 0. The number of primary amides is 1. The second kappa shape index (κ2) is 7.49. The molecule has 0 saturated heterocycles. The quantitative estimate of drug-likeness (QED) is 0.851. The van der Waals surface area contributed by atoms with Crippen LogP contribution in [-0.2, 0) is 22.4 Å². The highest BCUT2D eigenvalue weighted by molar-refractivity contribution is 5.87. The third kappa shape index (κ3) is 5.18. The molecule has 4 nitrogen and oxygen atoms in total. The molecular weight excluding hydrogens is 302 g/mol. The van der Waals surface area contributed by atoms with Gasteiger partial charge in [-0.05, 0) is 35.4 Å². The highest BCUT2D eigenvalue weighted by atomic mass is 19.1. The average molecular weight is 318 g/mol. The zero-order chi connectivity index (χ0) is 16.8. The van der Waals surface area contributed by atoms with Gasteiger partial charge in [-0.2, -0.15) is 0 Å². The second-order valence-corrected chi connectivity index (χ2v) is 5.16. The molecular formula is C17H16F2N2O2. The molecule has 2 aromatic carbocycles.